The van der Waals surface area contributed by atoms with Crippen LogP contribution in [0.5, 0.6) is 0 Å². The molecule has 0 radical (unpaired) electrons. The van der Waals surface area contributed by atoms with E-state index in [1.54, 1.807) is 30.3 Å². The van der Waals surface area contributed by atoms with Crippen LogP contribution < -0.4 is 21.9 Å². The summed E-state index contributed by atoms with van der Waals surface area (Å²) >= 11 is 0. The quantitative estimate of drug-likeness (QED) is 0.444. The third-order valence-corrected chi connectivity index (χ3v) is 5.45. The summed E-state index contributed by atoms with van der Waals surface area (Å²) in [6, 6.07) is 24.1. The number of carbonyl (C=O) groups is 1. The maximum Gasteiger partial charge on any atom is 0.330 e. The highest BCUT2D eigenvalue weighted by molar-refractivity contribution is 5.96. The molecule has 0 unspecified atom stereocenters. The molecule has 0 aliphatic carbocycles. The average molecular weight is 458 g/mol. The van der Waals surface area contributed by atoms with Gasteiger partial charge in [0, 0.05) is 0 Å². The number of H-pyrrole nitrogens is 1. The summed E-state index contributed by atoms with van der Waals surface area (Å²) in [5.74, 6) is -1.20. The molecule has 0 aliphatic heterocycles. The van der Waals surface area contributed by atoms with Crippen LogP contribution in [0.3, 0.4) is 0 Å². The van der Waals surface area contributed by atoms with Crippen LogP contribution in [0.1, 0.15) is 16.7 Å². The lowest BCUT2D eigenvalue weighted by molar-refractivity contribution is -0.118. The van der Waals surface area contributed by atoms with Crippen LogP contribution in [-0.4, -0.2) is 15.5 Å². The molecule has 1 amide bonds. The number of amides is 1. The van der Waals surface area contributed by atoms with Gasteiger partial charge in [-0.15, -0.1) is 0 Å². The number of nitrogens with one attached hydrogen (secondary N) is 1. The van der Waals surface area contributed by atoms with E-state index in [1.165, 1.54) is 27.7 Å². The predicted octanol–water partition coefficient (Wildman–Crippen LogP) is 3.08. The minimum absolute atomic E-state index is 0.0188. The van der Waals surface area contributed by atoms with Crippen LogP contribution in [-0.2, 0) is 24.3 Å². The molecule has 7 nitrogen and oxygen atoms in total. The van der Waals surface area contributed by atoms with Gasteiger partial charge in [-0.3, -0.25) is 24.0 Å². The fourth-order valence-electron chi connectivity index (χ4n) is 3.72. The van der Waals surface area contributed by atoms with E-state index in [0.717, 1.165) is 11.1 Å². The first-order chi connectivity index (χ1) is 16.4. The van der Waals surface area contributed by atoms with Crippen molar-refractivity contribution < 1.29 is 9.18 Å². The summed E-state index contributed by atoms with van der Waals surface area (Å²) in [7, 11) is 0. The lowest BCUT2D eigenvalue weighted by Crippen LogP contribution is -2.41. The van der Waals surface area contributed by atoms with Crippen LogP contribution in [0, 0.1) is 5.82 Å². The molecule has 0 aliphatic rings. The number of benzene rings is 3. The smallest absolute Gasteiger partial charge is 0.330 e. The van der Waals surface area contributed by atoms with Gasteiger partial charge in [0.15, 0.2) is 5.69 Å². The number of nitrogens with zero attached hydrogens (tertiary/aromatic N) is 2. The number of carbonyl (C=O) groups excluding carboxylic acids is 1. The number of nitrogen functional groups attached to an aromatic ring is 1. The number of anilines is 2. The van der Waals surface area contributed by atoms with E-state index < -0.39 is 23.0 Å². The second kappa shape index (κ2) is 9.99. The van der Waals surface area contributed by atoms with E-state index in [-0.39, 0.29) is 36.6 Å². The lowest BCUT2D eigenvalue weighted by Gasteiger charge is -2.25. The Balaban J connectivity index is 1.79. The summed E-state index contributed by atoms with van der Waals surface area (Å²) in [6.07, 6.45) is -0.282. The molecule has 0 saturated carbocycles. The fraction of sp³-hybridized carbons (Fsp3) is 0.115. The van der Waals surface area contributed by atoms with Crippen molar-refractivity contribution in [2.45, 2.75) is 19.5 Å². The van der Waals surface area contributed by atoms with Crippen LogP contribution in [0.4, 0.5) is 15.9 Å². The first-order valence-corrected chi connectivity index (χ1v) is 10.7. The molecule has 4 aromatic rings. The van der Waals surface area contributed by atoms with Gasteiger partial charge in [-0.25, -0.2) is 9.18 Å². The molecule has 8 heteroatoms. The number of hydrogen-bond acceptors (Lipinski definition) is 4. The normalized spacial score (nSPS) is 10.7. The summed E-state index contributed by atoms with van der Waals surface area (Å²) in [5.41, 5.74) is 6.43. The van der Waals surface area contributed by atoms with Gasteiger partial charge in [0.1, 0.15) is 11.6 Å². The number of nitrogens with two attached hydrogens (primary N) is 1. The van der Waals surface area contributed by atoms with Crippen LogP contribution in [0.15, 0.2) is 94.5 Å². The molecular weight excluding hydrogens is 435 g/mol. The van der Waals surface area contributed by atoms with E-state index in [2.05, 4.69) is 4.98 Å². The zero-order valence-corrected chi connectivity index (χ0v) is 18.3. The molecule has 0 saturated heterocycles. The molecular formula is C26H23FN4O3. The van der Waals surface area contributed by atoms with Crippen molar-refractivity contribution >= 4 is 17.4 Å². The number of rotatable bonds is 7. The van der Waals surface area contributed by atoms with Crippen LogP contribution in [0.25, 0.3) is 0 Å². The molecule has 1 aromatic heterocycles. The van der Waals surface area contributed by atoms with Crippen molar-refractivity contribution in [3.05, 3.63) is 128 Å². The number of aromatic nitrogens is 2. The van der Waals surface area contributed by atoms with Gasteiger partial charge >= 0.3 is 5.69 Å². The van der Waals surface area contributed by atoms with Gasteiger partial charge in [-0.2, -0.15) is 0 Å². The van der Waals surface area contributed by atoms with Crippen molar-refractivity contribution in [1.82, 2.24) is 9.55 Å². The largest absolute Gasteiger partial charge is 0.383 e. The minimum Gasteiger partial charge on any atom is -0.383 e. The Morgan fingerprint density at radius 1 is 0.882 bits per heavy atom. The Morgan fingerprint density at radius 2 is 1.47 bits per heavy atom. The SMILES string of the molecule is Nc1c(N(Cc2ccccc2)C(=O)Cc2ccccc2F)c(=O)[nH]c(=O)n1Cc1ccccc1. The first-order valence-electron chi connectivity index (χ1n) is 10.7. The minimum atomic E-state index is -0.787. The molecule has 4 rings (SSSR count). The van der Waals surface area contributed by atoms with Crippen molar-refractivity contribution in [3.63, 3.8) is 0 Å². The molecule has 0 fully saturated rings. The van der Waals surface area contributed by atoms with Gasteiger partial charge in [-0.05, 0) is 22.8 Å². The van der Waals surface area contributed by atoms with Gasteiger partial charge < -0.3 is 5.73 Å². The summed E-state index contributed by atoms with van der Waals surface area (Å²) < 4.78 is 15.5. The third kappa shape index (κ3) is 4.96. The second-order valence-electron chi connectivity index (χ2n) is 7.80. The topological polar surface area (TPSA) is 101 Å². The molecule has 0 bridgehead atoms. The average Bonchev–Trinajstić information content (AvgIpc) is 2.84. The standard InChI is InChI=1S/C26H23FN4O3/c27-21-14-8-7-13-20(21)15-22(32)30(16-18-9-3-1-4-10-18)23-24(28)31(26(34)29-25(23)33)17-19-11-5-2-6-12-19/h1-14H,15-17,28H2,(H,29,33,34). The predicted molar refractivity (Wildman–Crippen MR) is 129 cm³/mol. The fourth-order valence-corrected chi connectivity index (χ4v) is 3.72. The molecule has 0 spiro atoms. The van der Waals surface area contributed by atoms with E-state index in [9.17, 15) is 18.8 Å². The highest BCUT2D eigenvalue weighted by Gasteiger charge is 2.25. The molecule has 172 valence electrons. The van der Waals surface area contributed by atoms with Crippen molar-refractivity contribution in [1.29, 1.82) is 0 Å². The van der Waals surface area contributed by atoms with E-state index in [0.29, 0.717) is 0 Å². The molecule has 3 aromatic carbocycles. The number of aromatic amines is 1. The first kappa shape index (κ1) is 22.7. The maximum atomic E-state index is 14.3. The van der Waals surface area contributed by atoms with Crippen molar-refractivity contribution in [2.75, 3.05) is 10.6 Å². The monoisotopic (exact) mass is 458 g/mol. The Hall–Kier alpha value is -4.46. The molecule has 34 heavy (non-hydrogen) atoms. The van der Waals surface area contributed by atoms with Crippen molar-refractivity contribution in [3.8, 4) is 0 Å². The summed E-state index contributed by atoms with van der Waals surface area (Å²) in [6.45, 7) is 0.126. The van der Waals surface area contributed by atoms with E-state index >= 15 is 0 Å². The molecule has 1 heterocycles. The van der Waals surface area contributed by atoms with Crippen LogP contribution >= 0.6 is 0 Å². The Labute approximate surface area is 194 Å². The highest BCUT2D eigenvalue weighted by atomic mass is 19.1. The number of halogens is 1. The Bertz CT molecular complexity index is 1420. The summed E-state index contributed by atoms with van der Waals surface area (Å²) in [5, 5.41) is 0. The number of hydrogen-bond donors (Lipinski definition) is 2. The van der Waals surface area contributed by atoms with E-state index in [1.807, 2.05) is 36.4 Å². The lowest BCUT2D eigenvalue weighted by atomic mass is 10.1. The molecule has 3 N–H and O–H groups in total. The van der Waals surface area contributed by atoms with Gasteiger partial charge in [0.05, 0.1) is 19.5 Å². The highest BCUT2D eigenvalue weighted by Crippen LogP contribution is 2.22. The van der Waals surface area contributed by atoms with E-state index in [4.69, 9.17) is 5.73 Å². The Morgan fingerprint density at radius 3 is 2.12 bits per heavy atom. The van der Waals surface area contributed by atoms with Crippen LogP contribution in [0.2, 0.25) is 0 Å². The van der Waals surface area contributed by atoms with Crippen molar-refractivity contribution in [2.24, 2.45) is 0 Å². The third-order valence-electron chi connectivity index (χ3n) is 5.45. The van der Waals surface area contributed by atoms with Gasteiger partial charge in [-0.1, -0.05) is 78.9 Å². The second-order valence-corrected chi connectivity index (χ2v) is 7.80. The molecule has 0 atom stereocenters. The zero-order valence-electron chi connectivity index (χ0n) is 18.3. The zero-order chi connectivity index (χ0) is 24.1. The Kier molecular flexibility index (Phi) is 6.68. The van der Waals surface area contributed by atoms with Gasteiger partial charge in [0.2, 0.25) is 5.91 Å². The van der Waals surface area contributed by atoms with Gasteiger partial charge in [0.25, 0.3) is 5.56 Å². The maximum absolute atomic E-state index is 14.3. The summed E-state index contributed by atoms with van der Waals surface area (Å²) in [4.78, 5) is 42.3.